The zero-order chi connectivity index (χ0) is 24.4. The van der Waals surface area contributed by atoms with Crippen LogP contribution in [0.5, 0.6) is 5.75 Å². The summed E-state index contributed by atoms with van der Waals surface area (Å²) in [5.41, 5.74) is 2.00. The molecule has 0 N–H and O–H groups in total. The van der Waals surface area contributed by atoms with Gasteiger partial charge in [0, 0.05) is 15.6 Å². The number of thioether (sulfide) groups is 1. The molecule has 1 heterocycles. The van der Waals surface area contributed by atoms with E-state index in [1.54, 1.807) is 24.3 Å². The topological polar surface area (TPSA) is 46.6 Å². The Bertz CT molecular complexity index is 1480. The highest BCUT2D eigenvalue weighted by atomic mass is 79.9. The molecule has 35 heavy (non-hydrogen) atoms. The second-order valence-corrected chi connectivity index (χ2v) is 9.88. The van der Waals surface area contributed by atoms with E-state index >= 15 is 0 Å². The van der Waals surface area contributed by atoms with Crippen LogP contribution in [-0.2, 0) is 17.9 Å². The zero-order valence-electron chi connectivity index (χ0n) is 18.4. The van der Waals surface area contributed by atoms with Gasteiger partial charge in [0.25, 0.3) is 11.1 Å². The molecule has 174 valence electrons. The van der Waals surface area contributed by atoms with Crippen LogP contribution >= 0.6 is 27.7 Å². The third-order valence-electron chi connectivity index (χ3n) is 5.68. The summed E-state index contributed by atoms with van der Waals surface area (Å²) in [4.78, 5) is 26.9. The van der Waals surface area contributed by atoms with Crippen LogP contribution in [0.25, 0.3) is 16.8 Å². The van der Waals surface area contributed by atoms with Crippen molar-refractivity contribution in [1.82, 2.24) is 4.90 Å². The Labute approximate surface area is 214 Å². The molecule has 1 aliphatic rings. The predicted molar refractivity (Wildman–Crippen MR) is 140 cm³/mol. The van der Waals surface area contributed by atoms with Gasteiger partial charge >= 0.3 is 0 Å². The number of hydrogen-bond donors (Lipinski definition) is 0. The number of rotatable bonds is 6. The van der Waals surface area contributed by atoms with E-state index in [-0.39, 0.29) is 17.0 Å². The Hall–Kier alpha value is -3.42. The molecule has 5 rings (SSSR count). The van der Waals surface area contributed by atoms with Crippen molar-refractivity contribution in [3.05, 3.63) is 117 Å². The number of imide groups is 1. The summed E-state index contributed by atoms with van der Waals surface area (Å²) in [5, 5.41) is 1.81. The highest BCUT2D eigenvalue weighted by Crippen LogP contribution is 2.36. The number of ether oxygens (including phenoxy) is 1. The first-order chi connectivity index (χ1) is 17.0. The molecule has 1 aliphatic heterocycles. The van der Waals surface area contributed by atoms with E-state index in [2.05, 4.69) is 34.1 Å². The second-order valence-electron chi connectivity index (χ2n) is 7.97. The van der Waals surface area contributed by atoms with Crippen LogP contribution in [0, 0.1) is 5.82 Å². The zero-order valence-corrected chi connectivity index (χ0v) is 20.8. The van der Waals surface area contributed by atoms with Crippen molar-refractivity contribution in [3.8, 4) is 5.75 Å². The highest BCUT2D eigenvalue weighted by molar-refractivity contribution is 9.10. The van der Waals surface area contributed by atoms with Gasteiger partial charge in [-0.15, -0.1) is 0 Å². The minimum absolute atomic E-state index is 0.113. The molecule has 0 unspecified atom stereocenters. The maximum atomic E-state index is 14.1. The Morgan fingerprint density at radius 1 is 0.914 bits per heavy atom. The van der Waals surface area contributed by atoms with Crippen molar-refractivity contribution in [3.63, 3.8) is 0 Å². The lowest BCUT2D eigenvalue weighted by Crippen LogP contribution is -2.27. The quantitative estimate of drug-likeness (QED) is 0.234. The summed E-state index contributed by atoms with van der Waals surface area (Å²) in [6, 6.07) is 25.8. The van der Waals surface area contributed by atoms with E-state index in [0.29, 0.717) is 17.9 Å². The van der Waals surface area contributed by atoms with E-state index in [4.69, 9.17) is 4.74 Å². The molecule has 0 aromatic heterocycles. The van der Waals surface area contributed by atoms with Crippen LogP contribution in [0.2, 0.25) is 0 Å². The normalized spacial score (nSPS) is 14.8. The minimum atomic E-state index is -0.455. The number of halogens is 2. The van der Waals surface area contributed by atoms with Gasteiger partial charge in [-0.2, -0.15) is 0 Å². The molecule has 1 saturated heterocycles. The average Bonchev–Trinajstić information content (AvgIpc) is 3.12. The Morgan fingerprint density at radius 2 is 1.66 bits per heavy atom. The lowest BCUT2D eigenvalue weighted by Gasteiger charge is -2.13. The molecule has 7 heteroatoms. The van der Waals surface area contributed by atoms with Crippen molar-refractivity contribution >= 4 is 55.7 Å². The van der Waals surface area contributed by atoms with Crippen molar-refractivity contribution in [2.24, 2.45) is 0 Å². The van der Waals surface area contributed by atoms with Crippen LogP contribution in [0.1, 0.15) is 16.7 Å². The molecule has 4 aromatic rings. The number of carbonyl (C=O) groups excluding carboxylic acids is 2. The molecule has 0 atom stereocenters. The predicted octanol–water partition coefficient (Wildman–Crippen LogP) is 7.56. The van der Waals surface area contributed by atoms with Gasteiger partial charge in [-0.05, 0) is 58.4 Å². The van der Waals surface area contributed by atoms with E-state index in [1.165, 1.54) is 6.07 Å². The lowest BCUT2D eigenvalue weighted by atomic mass is 10.1. The van der Waals surface area contributed by atoms with Gasteiger partial charge in [0.15, 0.2) is 0 Å². The fraction of sp³-hybridized carbons (Fsp3) is 0.0714. The van der Waals surface area contributed by atoms with E-state index in [1.807, 2.05) is 42.5 Å². The largest absolute Gasteiger partial charge is 0.488 e. The molecule has 0 radical (unpaired) electrons. The highest BCUT2D eigenvalue weighted by Gasteiger charge is 2.35. The molecule has 1 fully saturated rings. The van der Waals surface area contributed by atoms with Gasteiger partial charge in [-0.25, -0.2) is 4.39 Å². The van der Waals surface area contributed by atoms with E-state index in [0.717, 1.165) is 37.5 Å². The maximum Gasteiger partial charge on any atom is 0.293 e. The number of benzene rings is 4. The number of hydrogen-bond acceptors (Lipinski definition) is 4. The molecule has 4 nitrogen and oxygen atoms in total. The first kappa shape index (κ1) is 23.3. The molecule has 2 amide bonds. The number of fused-ring (bicyclic) bond motifs is 1. The number of carbonyl (C=O) groups is 2. The molecule has 0 spiro atoms. The van der Waals surface area contributed by atoms with E-state index in [9.17, 15) is 14.0 Å². The lowest BCUT2D eigenvalue weighted by molar-refractivity contribution is -0.123. The van der Waals surface area contributed by atoms with Crippen molar-refractivity contribution in [2.45, 2.75) is 13.2 Å². The Kier molecular flexibility index (Phi) is 6.70. The summed E-state index contributed by atoms with van der Waals surface area (Å²) in [7, 11) is 0. The van der Waals surface area contributed by atoms with Crippen LogP contribution in [0.15, 0.2) is 94.3 Å². The van der Waals surface area contributed by atoms with Gasteiger partial charge in [0.1, 0.15) is 18.2 Å². The van der Waals surface area contributed by atoms with Gasteiger partial charge in [0.2, 0.25) is 0 Å². The maximum absolute atomic E-state index is 14.1. The fourth-order valence-corrected chi connectivity index (χ4v) is 5.12. The molecule has 0 aliphatic carbocycles. The van der Waals surface area contributed by atoms with Crippen LogP contribution in [0.3, 0.4) is 0 Å². The molecule has 0 saturated carbocycles. The SMILES string of the molecule is O=C1S/C(=C\c2cc(Br)ccc2OCc2cccc3ccccc23)C(=O)N1Cc1ccccc1F. The van der Waals surface area contributed by atoms with Gasteiger partial charge in [0.05, 0.1) is 11.4 Å². The fourth-order valence-electron chi connectivity index (χ4n) is 3.91. The van der Waals surface area contributed by atoms with Crippen molar-refractivity contribution in [1.29, 1.82) is 0 Å². The smallest absolute Gasteiger partial charge is 0.293 e. The number of amides is 2. The summed E-state index contributed by atoms with van der Waals surface area (Å²) >= 11 is 4.31. The molecule has 4 aromatic carbocycles. The summed E-state index contributed by atoms with van der Waals surface area (Å²) in [6.45, 7) is 0.232. The molecular weight excluding hydrogens is 529 g/mol. The van der Waals surface area contributed by atoms with Crippen molar-refractivity contribution in [2.75, 3.05) is 0 Å². The average molecular weight is 548 g/mol. The van der Waals surface area contributed by atoms with Crippen LogP contribution in [-0.4, -0.2) is 16.0 Å². The second kappa shape index (κ2) is 10.1. The van der Waals surface area contributed by atoms with Gasteiger partial charge < -0.3 is 4.74 Å². The third kappa shape index (κ3) is 5.01. The standard InChI is InChI=1S/C28H19BrFNO3S/c29-22-12-13-25(34-17-20-9-5-8-18-6-1-3-10-23(18)20)21(14-22)15-26-27(32)31(28(33)35-26)16-19-7-2-4-11-24(19)30/h1-15H,16-17H2/b26-15-. The monoisotopic (exact) mass is 547 g/mol. The summed E-state index contributed by atoms with van der Waals surface area (Å²) < 4.78 is 21.0. The summed E-state index contributed by atoms with van der Waals surface area (Å²) in [5.74, 6) is -0.322. The first-order valence-corrected chi connectivity index (χ1v) is 12.5. The van der Waals surface area contributed by atoms with Crippen LogP contribution < -0.4 is 4.74 Å². The third-order valence-corrected chi connectivity index (χ3v) is 7.08. The van der Waals surface area contributed by atoms with Crippen molar-refractivity contribution < 1.29 is 18.7 Å². The number of nitrogens with zero attached hydrogens (tertiary/aromatic N) is 1. The van der Waals surface area contributed by atoms with Gasteiger partial charge in [-0.1, -0.05) is 76.6 Å². The Morgan fingerprint density at radius 3 is 2.51 bits per heavy atom. The van der Waals surface area contributed by atoms with E-state index < -0.39 is 17.0 Å². The minimum Gasteiger partial charge on any atom is -0.488 e. The molecule has 0 bridgehead atoms. The first-order valence-electron chi connectivity index (χ1n) is 10.9. The Balaban J connectivity index is 1.40. The van der Waals surface area contributed by atoms with Gasteiger partial charge in [-0.3, -0.25) is 14.5 Å². The summed E-state index contributed by atoms with van der Waals surface area (Å²) in [6.07, 6.45) is 1.65. The molecular formula is C28H19BrFNO3S. The van der Waals surface area contributed by atoms with Crippen LogP contribution in [0.4, 0.5) is 9.18 Å².